The maximum Gasteiger partial charge on any atom is 0.459 e. The molecule has 3 aromatic rings. The van der Waals surface area contributed by atoms with Crippen molar-refractivity contribution in [3.8, 4) is 18.1 Å². The van der Waals surface area contributed by atoms with Gasteiger partial charge in [0.05, 0.1) is 31.1 Å². The fraction of sp³-hybridized carbons (Fsp3) is 0.462. The summed E-state index contributed by atoms with van der Waals surface area (Å²) in [6.45, 7) is 4.83. The SMILES string of the molecule is C#C[C@H]1C[C@@H](CO[P@](=O)(N[C@H](C)C(=O)OC(C)C)Oc2ccccc2)O[C@H]1n1cnc2c(N(C)C)nc(N)nc21. The fourth-order valence-electron chi connectivity index (χ4n) is 4.20. The van der Waals surface area contributed by atoms with Crippen LogP contribution in [0.25, 0.3) is 11.2 Å². The number of imidazole rings is 1. The highest BCUT2D eigenvalue weighted by atomic mass is 31.2. The molecule has 0 spiro atoms. The molecule has 1 saturated heterocycles. The maximum absolute atomic E-state index is 13.8. The van der Waals surface area contributed by atoms with Crippen molar-refractivity contribution in [2.45, 2.75) is 51.7 Å². The number of rotatable bonds is 11. The Bertz CT molecular complexity index is 1420. The van der Waals surface area contributed by atoms with Crippen LogP contribution in [-0.2, 0) is 23.4 Å². The van der Waals surface area contributed by atoms with Gasteiger partial charge in [0.1, 0.15) is 11.8 Å². The Labute approximate surface area is 233 Å². The normalized spacial score (nSPS) is 21.1. The molecule has 3 N–H and O–H groups in total. The average molecular weight is 572 g/mol. The van der Waals surface area contributed by atoms with Crippen molar-refractivity contribution in [3.05, 3.63) is 36.7 Å². The molecule has 40 heavy (non-hydrogen) atoms. The zero-order chi connectivity index (χ0) is 29.0. The van der Waals surface area contributed by atoms with Crippen LogP contribution in [0.15, 0.2) is 36.7 Å². The summed E-state index contributed by atoms with van der Waals surface area (Å²) < 4.78 is 38.5. The Kier molecular flexibility index (Phi) is 8.95. The summed E-state index contributed by atoms with van der Waals surface area (Å²) in [6.07, 6.45) is 6.31. The van der Waals surface area contributed by atoms with E-state index in [4.69, 9.17) is 30.7 Å². The molecule has 4 rings (SSSR count). The predicted octanol–water partition coefficient (Wildman–Crippen LogP) is 3.14. The molecule has 0 radical (unpaired) electrons. The molecule has 0 aliphatic carbocycles. The Morgan fingerprint density at radius 1 is 1.30 bits per heavy atom. The highest BCUT2D eigenvalue weighted by molar-refractivity contribution is 7.52. The maximum atomic E-state index is 13.8. The Morgan fingerprint density at radius 3 is 2.67 bits per heavy atom. The fourth-order valence-corrected chi connectivity index (χ4v) is 5.72. The number of hydrogen-bond acceptors (Lipinski definition) is 11. The van der Waals surface area contributed by atoms with Crippen LogP contribution in [0.1, 0.15) is 33.4 Å². The molecule has 214 valence electrons. The minimum Gasteiger partial charge on any atom is -0.462 e. The summed E-state index contributed by atoms with van der Waals surface area (Å²) in [5.74, 6) is 2.75. The number of fused-ring (bicyclic) bond motifs is 1. The smallest absolute Gasteiger partial charge is 0.459 e. The highest BCUT2D eigenvalue weighted by Gasteiger charge is 2.40. The van der Waals surface area contributed by atoms with Crippen LogP contribution < -0.4 is 20.2 Å². The van der Waals surface area contributed by atoms with E-state index < -0.39 is 32.1 Å². The zero-order valence-electron chi connectivity index (χ0n) is 23.1. The first-order chi connectivity index (χ1) is 19.0. The number of nitrogens with two attached hydrogens (primary N) is 1. The number of para-hydroxylation sites is 1. The van der Waals surface area contributed by atoms with Gasteiger partial charge in [-0.15, -0.1) is 6.42 Å². The average Bonchev–Trinajstić information content (AvgIpc) is 3.50. The van der Waals surface area contributed by atoms with E-state index in [2.05, 4.69) is 26.0 Å². The van der Waals surface area contributed by atoms with E-state index in [9.17, 15) is 9.36 Å². The number of carbonyl (C=O) groups excluding carboxylic acids is 1. The van der Waals surface area contributed by atoms with Crippen LogP contribution in [0, 0.1) is 18.3 Å². The molecule has 13 nitrogen and oxygen atoms in total. The first-order valence-corrected chi connectivity index (χ1v) is 14.3. The van der Waals surface area contributed by atoms with Gasteiger partial charge in [-0.2, -0.15) is 15.1 Å². The lowest BCUT2D eigenvalue weighted by molar-refractivity contribution is -0.149. The molecule has 1 fully saturated rings. The molecule has 14 heteroatoms. The summed E-state index contributed by atoms with van der Waals surface area (Å²) in [4.78, 5) is 27.3. The Balaban J connectivity index is 1.53. The lowest BCUT2D eigenvalue weighted by Gasteiger charge is -2.24. The lowest BCUT2D eigenvalue weighted by atomic mass is 10.0. The largest absolute Gasteiger partial charge is 0.462 e. The number of ether oxygens (including phenoxy) is 2. The van der Waals surface area contributed by atoms with Gasteiger partial charge >= 0.3 is 13.7 Å². The van der Waals surface area contributed by atoms with Gasteiger partial charge in [-0.1, -0.05) is 24.1 Å². The number of terminal acetylenes is 1. The number of carbonyl (C=O) groups is 1. The van der Waals surface area contributed by atoms with Gasteiger partial charge in [0, 0.05) is 14.1 Å². The van der Waals surface area contributed by atoms with Gasteiger partial charge in [0.2, 0.25) is 5.95 Å². The molecule has 2 aromatic heterocycles. The molecule has 0 saturated carbocycles. The van der Waals surface area contributed by atoms with Crippen molar-refractivity contribution >= 4 is 36.6 Å². The van der Waals surface area contributed by atoms with Crippen molar-refractivity contribution in [2.24, 2.45) is 5.92 Å². The minimum atomic E-state index is -4.06. The number of aromatic nitrogens is 4. The molecule has 0 bridgehead atoms. The molecule has 1 aliphatic heterocycles. The van der Waals surface area contributed by atoms with Crippen molar-refractivity contribution in [2.75, 3.05) is 31.3 Å². The quantitative estimate of drug-likeness (QED) is 0.197. The number of nitrogens with zero attached hydrogens (tertiary/aromatic N) is 5. The number of anilines is 2. The number of nitrogens with one attached hydrogen (secondary N) is 1. The second-order valence-electron chi connectivity index (χ2n) is 9.82. The molecule has 1 aliphatic rings. The molecule has 5 atom stereocenters. The van der Waals surface area contributed by atoms with Gasteiger partial charge in [-0.25, -0.2) is 9.55 Å². The van der Waals surface area contributed by atoms with Crippen LogP contribution in [0.2, 0.25) is 0 Å². The molecular formula is C26H34N7O6P. The zero-order valence-corrected chi connectivity index (χ0v) is 23.9. The minimum absolute atomic E-state index is 0.0864. The van der Waals surface area contributed by atoms with Gasteiger partial charge in [0.25, 0.3) is 0 Å². The van der Waals surface area contributed by atoms with Crippen LogP contribution in [0.5, 0.6) is 5.75 Å². The number of benzene rings is 1. The third-order valence-corrected chi connectivity index (χ3v) is 7.63. The van der Waals surface area contributed by atoms with E-state index in [1.807, 2.05) is 14.1 Å². The van der Waals surface area contributed by atoms with Crippen molar-refractivity contribution in [1.82, 2.24) is 24.6 Å². The van der Waals surface area contributed by atoms with Crippen molar-refractivity contribution in [1.29, 1.82) is 0 Å². The molecule has 0 unspecified atom stereocenters. The van der Waals surface area contributed by atoms with E-state index in [0.717, 1.165) is 0 Å². The van der Waals surface area contributed by atoms with E-state index in [0.29, 0.717) is 29.2 Å². The summed E-state index contributed by atoms with van der Waals surface area (Å²) >= 11 is 0. The van der Waals surface area contributed by atoms with E-state index in [1.54, 1.807) is 60.0 Å². The lowest BCUT2D eigenvalue weighted by Crippen LogP contribution is -2.36. The molecular weight excluding hydrogens is 537 g/mol. The summed E-state index contributed by atoms with van der Waals surface area (Å²) in [6, 6.07) is 7.54. The van der Waals surface area contributed by atoms with Crippen LogP contribution in [0.4, 0.5) is 11.8 Å². The van der Waals surface area contributed by atoms with E-state index in [1.165, 1.54) is 6.92 Å². The Hall–Kier alpha value is -3.69. The molecule has 0 amide bonds. The van der Waals surface area contributed by atoms with Gasteiger partial charge in [-0.3, -0.25) is 13.9 Å². The van der Waals surface area contributed by atoms with E-state index >= 15 is 0 Å². The van der Waals surface area contributed by atoms with Crippen LogP contribution in [-0.4, -0.2) is 64.4 Å². The molecule has 1 aromatic carbocycles. The standard InChI is InChI=1S/C26H34N7O6P/c1-7-18-13-20(38-24(18)33-15-28-21-22(32(5)6)29-26(27)30-23(21)33)14-36-40(35,39-19-11-9-8-10-12-19)31-17(4)25(34)37-16(2)3/h1,8-12,15-18,20,24H,13-14H2,2-6H3,(H,31,35)(H2,27,29,30)/t17-,18+,20+,24-,40-/m1/s1. The number of esters is 1. The van der Waals surface area contributed by atoms with Crippen LogP contribution in [0.3, 0.4) is 0 Å². The number of hydrogen-bond donors (Lipinski definition) is 2. The first kappa shape index (κ1) is 29.3. The first-order valence-electron chi connectivity index (χ1n) is 12.8. The third kappa shape index (κ3) is 6.71. The van der Waals surface area contributed by atoms with Gasteiger partial charge in [0.15, 0.2) is 23.2 Å². The summed E-state index contributed by atoms with van der Waals surface area (Å²) in [5, 5.41) is 2.67. The molecule has 3 heterocycles. The summed E-state index contributed by atoms with van der Waals surface area (Å²) in [7, 11) is -0.402. The van der Waals surface area contributed by atoms with Crippen molar-refractivity contribution < 1.29 is 27.9 Å². The summed E-state index contributed by atoms with van der Waals surface area (Å²) in [5.41, 5.74) is 6.97. The van der Waals surface area contributed by atoms with E-state index in [-0.39, 0.29) is 24.6 Å². The monoisotopic (exact) mass is 571 g/mol. The van der Waals surface area contributed by atoms with Gasteiger partial charge in [-0.05, 0) is 39.3 Å². The predicted molar refractivity (Wildman–Crippen MR) is 149 cm³/mol. The second kappa shape index (κ2) is 12.2. The second-order valence-corrected chi connectivity index (χ2v) is 11.5. The van der Waals surface area contributed by atoms with Gasteiger partial charge < -0.3 is 24.6 Å². The van der Waals surface area contributed by atoms with Crippen molar-refractivity contribution in [3.63, 3.8) is 0 Å². The third-order valence-electron chi connectivity index (χ3n) is 5.98. The van der Waals surface area contributed by atoms with Crippen LogP contribution >= 0.6 is 7.75 Å². The topological polar surface area (TPSA) is 156 Å². The number of nitrogen functional groups attached to an aromatic ring is 1. The Morgan fingerprint density at radius 2 is 2.02 bits per heavy atom. The highest BCUT2D eigenvalue weighted by Crippen LogP contribution is 2.46.